The van der Waals surface area contributed by atoms with E-state index in [9.17, 15) is 14.4 Å². The number of halogens is 2. The summed E-state index contributed by atoms with van der Waals surface area (Å²) in [4.78, 5) is 35.7. The van der Waals surface area contributed by atoms with E-state index in [0.29, 0.717) is 21.5 Å². The van der Waals surface area contributed by atoms with E-state index in [4.69, 9.17) is 27.9 Å². The van der Waals surface area contributed by atoms with Crippen LogP contribution in [0.5, 0.6) is 5.75 Å². The number of hydrogen-bond donors (Lipinski definition) is 3. The van der Waals surface area contributed by atoms with Gasteiger partial charge in [-0.3, -0.25) is 25.2 Å². The number of benzene rings is 2. The molecular weight excluding hydrogens is 405 g/mol. The maximum absolute atomic E-state index is 12.0. The predicted octanol–water partition coefficient (Wildman–Crippen LogP) is 3.33. The Hall–Kier alpha value is -2.77. The van der Waals surface area contributed by atoms with Gasteiger partial charge in [-0.15, -0.1) is 0 Å². The van der Waals surface area contributed by atoms with Gasteiger partial charge >= 0.3 is 0 Å². The Morgan fingerprint density at radius 1 is 0.893 bits per heavy atom. The highest BCUT2D eigenvalue weighted by molar-refractivity contribution is 6.33. The summed E-state index contributed by atoms with van der Waals surface area (Å²) < 4.78 is 5.44. The lowest BCUT2D eigenvalue weighted by atomic mass is 10.2. The van der Waals surface area contributed by atoms with Crippen LogP contribution in [0.25, 0.3) is 0 Å². The van der Waals surface area contributed by atoms with E-state index in [-0.39, 0.29) is 18.7 Å². The van der Waals surface area contributed by atoms with Gasteiger partial charge in [0, 0.05) is 12.8 Å². The molecule has 2 aromatic rings. The Balaban J connectivity index is 1.71. The molecule has 0 heterocycles. The molecular formula is C19H19Cl2N3O4. The fourth-order valence-corrected chi connectivity index (χ4v) is 2.45. The number of anilines is 1. The quantitative estimate of drug-likeness (QED) is 0.594. The minimum atomic E-state index is -0.885. The fraction of sp³-hybridized carbons (Fsp3) is 0.211. The van der Waals surface area contributed by atoms with Crippen molar-refractivity contribution in [3.05, 3.63) is 58.6 Å². The fourth-order valence-electron chi connectivity index (χ4n) is 2.08. The standard InChI is InChI=1S/C19H19Cl2N3O4/c1-12(28-16-9-5-3-7-14(16)21)19(27)24-23-18(26)11-10-17(25)22-15-8-4-2-6-13(15)20/h2-9,12H,10-11H2,1H3,(H,22,25)(H,23,26)(H,24,27). The molecule has 0 fully saturated rings. The lowest BCUT2D eigenvalue weighted by molar-refractivity contribution is -0.133. The van der Waals surface area contributed by atoms with Crippen molar-refractivity contribution in [2.24, 2.45) is 0 Å². The molecule has 0 aliphatic heterocycles. The predicted molar refractivity (Wildman–Crippen MR) is 107 cm³/mol. The molecule has 7 nitrogen and oxygen atoms in total. The van der Waals surface area contributed by atoms with Gasteiger partial charge in [0.1, 0.15) is 5.75 Å². The molecule has 0 bridgehead atoms. The molecule has 3 amide bonds. The van der Waals surface area contributed by atoms with E-state index < -0.39 is 17.9 Å². The molecule has 2 rings (SSSR count). The number of rotatable bonds is 7. The highest BCUT2D eigenvalue weighted by Gasteiger charge is 2.17. The van der Waals surface area contributed by atoms with Crippen molar-refractivity contribution >= 4 is 46.6 Å². The van der Waals surface area contributed by atoms with Crippen LogP contribution in [0.15, 0.2) is 48.5 Å². The van der Waals surface area contributed by atoms with Crippen molar-refractivity contribution in [1.82, 2.24) is 10.9 Å². The first-order valence-corrected chi connectivity index (χ1v) is 9.16. The number of amides is 3. The topological polar surface area (TPSA) is 96.5 Å². The molecule has 28 heavy (non-hydrogen) atoms. The zero-order valence-electron chi connectivity index (χ0n) is 15.0. The summed E-state index contributed by atoms with van der Waals surface area (Å²) in [5, 5.41) is 3.38. The average molecular weight is 424 g/mol. The summed E-state index contributed by atoms with van der Waals surface area (Å²) in [5.74, 6) is -1.10. The van der Waals surface area contributed by atoms with Crippen LogP contribution >= 0.6 is 23.2 Å². The minimum Gasteiger partial charge on any atom is -0.479 e. The molecule has 3 N–H and O–H groups in total. The Bertz CT molecular complexity index is 861. The number of carbonyl (C=O) groups is 3. The first-order valence-electron chi connectivity index (χ1n) is 8.41. The lowest BCUT2D eigenvalue weighted by Crippen LogP contribution is -2.47. The number of para-hydroxylation sites is 2. The van der Waals surface area contributed by atoms with Crippen molar-refractivity contribution in [3.63, 3.8) is 0 Å². The molecule has 0 aliphatic rings. The SMILES string of the molecule is CC(Oc1ccccc1Cl)C(=O)NNC(=O)CCC(=O)Nc1ccccc1Cl. The monoisotopic (exact) mass is 423 g/mol. The maximum Gasteiger partial charge on any atom is 0.279 e. The molecule has 1 unspecified atom stereocenters. The van der Waals surface area contributed by atoms with E-state index in [1.807, 2.05) is 0 Å². The Labute approximate surface area is 172 Å². The Morgan fingerprint density at radius 3 is 2.18 bits per heavy atom. The first kappa shape index (κ1) is 21.5. The van der Waals surface area contributed by atoms with E-state index in [2.05, 4.69) is 16.2 Å². The van der Waals surface area contributed by atoms with Crippen LogP contribution in [0.1, 0.15) is 19.8 Å². The molecule has 1 atom stereocenters. The Morgan fingerprint density at radius 2 is 1.50 bits per heavy atom. The normalized spacial score (nSPS) is 11.2. The van der Waals surface area contributed by atoms with Crippen molar-refractivity contribution in [2.75, 3.05) is 5.32 Å². The van der Waals surface area contributed by atoms with Gasteiger partial charge in [-0.2, -0.15) is 0 Å². The molecule has 148 valence electrons. The summed E-state index contributed by atoms with van der Waals surface area (Å²) in [6, 6.07) is 13.5. The van der Waals surface area contributed by atoms with Gasteiger partial charge in [-0.25, -0.2) is 0 Å². The second-order valence-corrected chi connectivity index (χ2v) is 6.57. The number of hydrazine groups is 1. The van der Waals surface area contributed by atoms with Gasteiger partial charge in [0.25, 0.3) is 5.91 Å². The van der Waals surface area contributed by atoms with Crippen molar-refractivity contribution in [1.29, 1.82) is 0 Å². The van der Waals surface area contributed by atoms with Crippen LogP contribution in [0, 0.1) is 0 Å². The number of nitrogens with one attached hydrogen (secondary N) is 3. The van der Waals surface area contributed by atoms with Gasteiger partial charge in [0.05, 0.1) is 15.7 Å². The summed E-state index contributed by atoms with van der Waals surface area (Å²) in [5.41, 5.74) is 4.95. The third-order valence-corrected chi connectivity index (χ3v) is 4.20. The third kappa shape index (κ3) is 6.75. The summed E-state index contributed by atoms with van der Waals surface area (Å²) >= 11 is 11.9. The summed E-state index contributed by atoms with van der Waals surface area (Å²) in [6.45, 7) is 1.52. The van der Waals surface area contributed by atoms with Crippen LogP contribution in [0.3, 0.4) is 0 Å². The van der Waals surface area contributed by atoms with Gasteiger partial charge in [0.2, 0.25) is 11.8 Å². The smallest absolute Gasteiger partial charge is 0.279 e. The minimum absolute atomic E-state index is 0.0708. The molecule has 0 radical (unpaired) electrons. The highest BCUT2D eigenvalue weighted by Crippen LogP contribution is 2.24. The second kappa shape index (κ2) is 10.5. The largest absolute Gasteiger partial charge is 0.479 e. The zero-order valence-corrected chi connectivity index (χ0v) is 16.5. The lowest BCUT2D eigenvalue weighted by Gasteiger charge is -2.15. The van der Waals surface area contributed by atoms with Gasteiger partial charge in [0.15, 0.2) is 6.10 Å². The molecule has 9 heteroatoms. The molecule has 0 spiro atoms. The van der Waals surface area contributed by atoms with Crippen LogP contribution in [-0.2, 0) is 14.4 Å². The molecule has 0 saturated heterocycles. The van der Waals surface area contributed by atoms with Crippen molar-refractivity contribution < 1.29 is 19.1 Å². The van der Waals surface area contributed by atoms with Crippen LogP contribution in [-0.4, -0.2) is 23.8 Å². The van der Waals surface area contributed by atoms with Gasteiger partial charge in [-0.05, 0) is 31.2 Å². The van der Waals surface area contributed by atoms with Crippen LogP contribution in [0.2, 0.25) is 10.0 Å². The van der Waals surface area contributed by atoms with E-state index in [0.717, 1.165) is 0 Å². The summed E-state index contributed by atoms with van der Waals surface area (Å²) in [6.07, 6.45) is -1.07. The van der Waals surface area contributed by atoms with E-state index in [1.165, 1.54) is 6.92 Å². The number of ether oxygens (including phenoxy) is 1. The third-order valence-electron chi connectivity index (χ3n) is 3.56. The maximum atomic E-state index is 12.0. The Kier molecular flexibility index (Phi) is 8.10. The highest BCUT2D eigenvalue weighted by atomic mass is 35.5. The van der Waals surface area contributed by atoms with E-state index >= 15 is 0 Å². The van der Waals surface area contributed by atoms with E-state index in [1.54, 1.807) is 48.5 Å². The van der Waals surface area contributed by atoms with Crippen molar-refractivity contribution in [2.45, 2.75) is 25.9 Å². The first-order chi connectivity index (χ1) is 13.4. The average Bonchev–Trinajstić information content (AvgIpc) is 2.68. The van der Waals surface area contributed by atoms with Crippen LogP contribution < -0.4 is 20.9 Å². The summed E-state index contributed by atoms with van der Waals surface area (Å²) in [7, 11) is 0. The molecule has 0 saturated carbocycles. The van der Waals surface area contributed by atoms with Gasteiger partial charge in [-0.1, -0.05) is 47.5 Å². The number of carbonyl (C=O) groups excluding carboxylic acids is 3. The van der Waals surface area contributed by atoms with Crippen LogP contribution in [0.4, 0.5) is 5.69 Å². The molecule has 0 aromatic heterocycles. The molecule has 2 aromatic carbocycles. The second-order valence-electron chi connectivity index (χ2n) is 5.76. The van der Waals surface area contributed by atoms with Gasteiger partial charge < -0.3 is 10.1 Å². The van der Waals surface area contributed by atoms with Crippen molar-refractivity contribution in [3.8, 4) is 5.75 Å². The molecule has 0 aliphatic carbocycles. The number of hydrogen-bond acceptors (Lipinski definition) is 4. The zero-order chi connectivity index (χ0) is 20.5.